The summed E-state index contributed by atoms with van der Waals surface area (Å²) in [7, 11) is 1.54. The maximum atomic E-state index is 12.0. The van der Waals surface area contributed by atoms with E-state index in [0.717, 1.165) is 10.9 Å². The minimum atomic E-state index is -0.454. The van der Waals surface area contributed by atoms with Crippen LogP contribution in [0.5, 0.6) is 0 Å². The molecule has 0 radical (unpaired) electrons. The van der Waals surface area contributed by atoms with Crippen LogP contribution in [0.3, 0.4) is 0 Å². The van der Waals surface area contributed by atoms with Gasteiger partial charge in [0, 0.05) is 30.2 Å². The number of carbonyl (C=O) groups is 2. The Hall–Kier alpha value is -2.21. The Bertz CT molecular complexity index is 735. The zero-order valence-electron chi connectivity index (χ0n) is 11.5. The van der Waals surface area contributed by atoms with Crippen molar-refractivity contribution in [1.82, 2.24) is 5.01 Å². The zero-order valence-corrected chi connectivity index (χ0v) is 12.4. The van der Waals surface area contributed by atoms with Crippen molar-refractivity contribution in [3.8, 4) is 0 Å². The molecule has 1 aromatic heterocycles. The molecule has 21 heavy (non-hydrogen) atoms. The molecule has 1 aromatic carbocycles. The fourth-order valence-electron chi connectivity index (χ4n) is 2.19. The highest BCUT2D eigenvalue weighted by Gasteiger charge is 2.23. The topological polar surface area (TPSA) is 59.0 Å². The number of nitrogens with zero attached hydrogens (tertiary/aromatic N) is 2. The van der Waals surface area contributed by atoms with Crippen LogP contribution in [0.15, 0.2) is 34.7 Å². The Morgan fingerprint density at radius 1 is 1.38 bits per heavy atom. The van der Waals surface area contributed by atoms with Crippen LogP contribution in [-0.4, -0.2) is 29.6 Å². The SMILES string of the molecule is CN1N=C(C(=O)OCc2csc3ccccc23)CCC1=O. The summed E-state index contributed by atoms with van der Waals surface area (Å²) >= 11 is 1.63. The molecule has 0 atom stereocenters. The molecule has 3 rings (SSSR count). The summed E-state index contributed by atoms with van der Waals surface area (Å²) in [5, 5.41) is 8.25. The summed E-state index contributed by atoms with van der Waals surface area (Å²) in [5.41, 5.74) is 1.29. The molecule has 5 nitrogen and oxygen atoms in total. The second kappa shape index (κ2) is 5.65. The van der Waals surface area contributed by atoms with Gasteiger partial charge in [-0.1, -0.05) is 18.2 Å². The summed E-state index contributed by atoms with van der Waals surface area (Å²) in [4.78, 5) is 23.3. The minimum absolute atomic E-state index is 0.0876. The molecule has 2 heterocycles. The van der Waals surface area contributed by atoms with Gasteiger partial charge in [-0.15, -0.1) is 11.3 Å². The van der Waals surface area contributed by atoms with Crippen molar-refractivity contribution in [2.45, 2.75) is 19.4 Å². The number of hydrazone groups is 1. The van der Waals surface area contributed by atoms with E-state index >= 15 is 0 Å². The predicted octanol–water partition coefficient (Wildman–Crippen LogP) is 2.55. The first-order valence-electron chi connectivity index (χ1n) is 6.61. The van der Waals surface area contributed by atoms with Gasteiger partial charge in [-0.3, -0.25) is 4.79 Å². The van der Waals surface area contributed by atoms with Crippen LogP contribution in [0, 0.1) is 0 Å². The number of benzene rings is 1. The third kappa shape index (κ3) is 2.80. The van der Waals surface area contributed by atoms with Crippen molar-refractivity contribution < 1.29 is 14.3 Å². The van der Waals surface area contributed by atoms with Crippen LogP contribution in [0.1, 0.15) is 18.4 Å². The molecule has 0 fully saturated rings. The summed E-state index contributed by atoms with van der Waals surface area (Å²) < 4.78 is 6.49. The number of rotatable bonds is 3. The molecule has 0 saturated heterocycles. The van der Waals surface area contributed by atoms with Gasteiger partial charge in [-0.25, -0.2) is 9.80 Å². The average Bonchev–Trinajstić information content (AvgIpc) is 2.91. The van der Waals surface area contributed by atoms with Gasteiger partial charge < -0.3 is 4.74 Å². The predicted molar refractivity (Wildman–Crippen MR) is 81.1 cm³/mol. The van der Waals surface area contributed by atoms with E-state index in [-0.39, 0.29) is 12.5 Å². The number of ether oxygens (including phenoxy) is 1. The van der Waals surface area contributed by atoms with Gasteiger partial charge in [0.05, 0.1) is 0 Å². The third-order valence-corrected chi connectivity index (χ3v) is 4.38. The zero-order chi connectivity index (χ0) is 14.8. The van der Waals surface area contributed by atoms with E-state index in [2.05, 4.69) is 5.10 Å². The van der Waals surface area contributed by atoms with Crippen molar-refractivity contribution in [3.05, 3.63) is 35.2 Å². The highest BCUT2D eigenvalue weighted by Crippen LogP contribution is 2.26. The third-order valence-electron chi connectivity index (χ3n) is 3.36. The van der Waals surface area contributed by atoms with E-state index in [9.17, 15) is 9.59 Å². The molecule has 0 N–H and O–H groups in total. The maximum Gasteiger partial charge on any atom is 0.354 e. The van der Waals surface area contributed by atoms with E-state index in [4.69, 9.17) is 4.74 Å². The van der Waals surface area contributed by atoms with Crippen molar-refractivity contribution in [1.29, 1.82) is 0 Å². The highest BCUT2D eigenvalue weighted by molar-refractivity contribution is 7.17. The second-order valence-corrected chi connectivity index (χ2v) is 5.71. The highest BCUT2D eigenvalue weighted by atomic mass is 32.1. The van der Waals surface area contributed by atoms with E-state index in [1.165, 1.54) is 9.71 Å². The fraction of sp³-hybridized carbons (Fsp3) is 0.267. The van der Waals surface area contributed by atoms with Gasteiger partial charge in [-0.05, 0) is 16.8 Å². The lowest BCUT2D eigenvalue weighted by Crippen LogP contribution is -2.32. The Labute approximate surface area is 125 Å². The van der Waals surface area contributed by atoms with Crippen LogP contribution >= 0.6 is 11.3 Å². The molecule has 0 saturated carbocycles. The molecule has 1 aliphatic rings. The Morgan fingerprint density at radius 2 is 2.19 bits per heavy atom. The molecule has 0 aliphatic carbocycles. The molecule has 2 aromatic rings. The van der Waals surface area contributed by atoms with Crippen molar-refractivity contribution >= 4 is 39.0 Å². The van der Waals surface area contributed by atoms with E-state index in [0.29, 0.717) is 18.6 Å². The molecule has 108 valence electrons. The van der Waals surface area contributed by atoms with Gasteiger partial charge >= 0.3 is 5.97 Å². The van der Waals surface area contributed by atoms with Gasteiger partial charge in [0.1, 0.15) is 12.3 Å². The molecule has 0 unspecified atom stereocenters. The monoisotopic (exact) mass is 302 g/mol. The summed E-state index contributed by atoms with van der Waals surface area (Å²) in [6.45, 7) is 0.222. The molecule has 0 bridgehead atoms. The standard InChI is InChI=1S/C15H14N2O3S/c1-17-14(18)7-6-12(16-17)15(19)20-8-10-9-21-13-5-3-2-4-11(10)13/h2-5,9H,6-8H2,1H3. The Balaban J connectivity index is 1.69. The number of carbonyl (C=O) groups excluding carboxylic acids is 2. The Morgan fingerprint density at radius 3 is 3.00 bits per heavy atom. The number of hydrogen-bond acceptors (Lipinski definition) is 5. The maximum absolute atomic E-state index is 12.0. The van der Waals surface area contributed by atoms with Crippen LogP contribution < -0.4 is 0 Å². The molecule has 1 aliphatic heterocycles. The summed E-state index contributed by atoms with van der Waals surface area (Å²) in [6, 6.07) is 8.00. The fourth-order valence-corrected chi connectivity index (χ4v) is 3.14. The number of hydrogen-bond donors (Lipinski definition) is 0. The smallest absolute Gasteiger partial charge is 0.354 e. The summed E-state index contributed by atoms with van der Waals surface area (Å²) in [6.07, 6.45) is 0.637. The van der Waals surface area contributed by atoms with Gasteiger partial charge in [0.15, 0.2) is 0 Å². The van der Waals surface area contributed by atoms with E-state index in [1.54, 1.807) is 18.4 Å². The van der Waals surface area contributed by atoms with Crippen molar-refractivity contribution in [2.24, 2.45) is 5.10 Å². The molecular formula is C15H14N2O3S. The first kappa shape index (κ1) is 13.8. The number of esters is 1. The second-order valence-electron chi connectivity index (χ2n) is 4.80. The van der Waals surface area contributed by atoms with Gasteiger partial charge in [-0.2, -0.15) is 5.10 Å². The molecule has 6 heteroatoms. The molecule has 1 amide bonds. The lowest BCUT2D eigenvalue weighted by atomic mass is 10.1. The average molecular weight is 302 g/mol. The van der Waals surface area contributed by atoms with Crippen molar-refractivity contribution in [2.75, 3.05) is 7.05 Å². The number of thiophene rings is 1. The number of amides is 1. The lowest BCUT2D eigenvalue weighted by molar-refractivity contribution is -0.137. The summed E-state index contributed by atoms with van der Waals surface area (Å²) in [5.74, 6) is -0.542. The lowest BCUT2D eigenvalue weighted by Gasteiger charge is -2.18. The minimum Gasteiger partial charge on any atom is -0.456 e. The largest absolute Gasteiger partial charge is 0.456 e. The number of fused-ring (bicyclic) bond motifs is 1. The van der Waals surface area contributed by atoms with Crippen LogP contribution in [0.25, 0.3) is 10.1 Å². The van der Waals surface area contributed by atoms with E-state index < -0.39 is 5.97 Å². The van der Waals surface area contributed by atoms with Gasteiger partial charge in [0.25, 0.3) is 0 Å². The molecular weight excluding hydrogens is 288 g/mol. The first-order chi connectivity index (χ1) is 10.1. The first-order valence-corrected chi connectivity index (χ1v) is 7.49. The normalized spacial score (nSPS) is 15.2. The quantitative estimate of drug-likeness (QED) is 0.819. The van der Waals surface area contributed by atoms with Crippen LogP contribution in [0.4, 0.5) is 0 Å². The van der Waals surface area contributed by atoms with E-state index in [1.807, 2.05) is 29.6 Å². The van der Waals surface area contributed by atoms with Crippen molar-refractivity contribution in [3.63, 3.8) is 0 Å². The van der Waals surface area contributed by atoms with Crippen LogP contribution in [-0.2, 0) is 20.9 Å². The van der Waals surface area contributed by atoms with Crippen LogP contribution in [0.2, 0.25) is 0 Å². The Kier molecular flexibility index (Phi) is 3.70. The molecule has 0 spiro atoms. The van der Waals surface area contributed by atoms with Gasteiger partial charge in [0.2, 0.25) is 5.91 Å².